The monoisotopic (exact) mass is 631 g/mol. The van der Waals surface area contributed by atoms with Gasteiger partial charge in [0.1, 0.15) is 41.6 Å². The van der Waals surface area contributed by atoms with Gasteiger partial charge in [0.25, 0.3) is 0 Å². The molecule has 8 rings (SSSR count). The molecule has 2 spiro atoms. The Bertz CT molecular complexity index is 1780. The summed E-state index contributed by atoms with van der Waals surface area (Å²) in [5, 5.41) is 32.0. The van der Waals surface area contributed by atoms with E-state index in [0.717, 1.165) is 72.5 Å². The third kappa shape index (κ3) is 5.37. The Labute approximate surface area is 263 Å². The van der Waals surface area contributed by atoms with Crippen molar-refractivity contribution >= 4 is 51.5 Å². The van der Waals surface area contributed by atoms with Crippen LogP contribution in [0.25, 0.3) is 22.1 Å². The summed E-state index contributed by atoms with van der Waals surface area (Å²) in [6, 6.07) is 2.67. The van der Waals surface area contributed by atoms with Crippen molar-refractivity contribution in [3.05, 3.63) is 37.2 Å². The predicted molar refractivity (Wildman–Crippen MR) is 166 cm³/mol. The Morgan fingerprint density at radius 2 is 1.33 bits per heavy atom. The van der Waals surface area contributed by atoms with E-state index in [0.29, 0.717) is 25.9 Å². The van der Waals surface area contributed by atoms with Crippen LogP contribution in [0.3, 0.4) is 0 Å². The normalized spacial score (nSPS) is 23.2. The van der Waals surface area contributed by atoms with E-state index in [-0.39, 0.29) is 28.6 Å². The zero-order valence-electron chi connectivity index (χ0n) is 25.2. The molecular formula is C31H37N9O6. The molecule has 6 heterocycles. The molecule has 0 radical (unpaired) electrons. The van der Waals surface area contributed by atoms with Crippen molar-refractivity contribution in [2.45, 2.75) is 44.6 Å². The first kappa shape index (κ1) is 29.9. The van der Waals surface area contributed by atoms with Crippen molar-refractivity contribution in [1.29, 1.82) is 0 Å². The lowest BCUT2D eigenvalue weighted by Crippen LogP contribution is -2.52. The minimum absolute atomic E-state index is 0.0301. The molecule has 0 aromatic carbocycles. The van der Waals surface area contributed by atoms with Crippen LogP contribution in [-0.4, -0.2) is 102 Å². The maximum atomic E-state index is 12.6. The zero-order chi connectivity index (χ0) is 32.1. The number of carbonyl (C=O) groups excluding carboxylic acids is 1. The van der Waals surface area contributed by atoms with Crippen molar-refractivity contribution in [1.82, 2.24) is 35.2 Å². The molecule has 15 heteroatoms. The summed E-state index contributed by atoms with van der Waals surface area (Å²) in [5.74, 6) is -0.793. The van der Waals surface area contributed by atoms with Gasteiger partial charge < -0.3 is 40.4 Å². The summed E-state index contributed by atoms with van der Waals surface area (Å²) in [6.07, 6.45) is 12.0. The van der Waals surface area contributed by atoms with E-state index in [9.17, 15) is 19.5 Å². The molecule has 2 aliphatic carbocycles. The van der Waals surface area contributed by atoms with Crippen LogP contribution in [0.2, 0.25) is 0 Å². The van der Waals surface area contributed by atoms with Crippen LogP contribution < -0.4 is 15.1 Å². The average molecular weight is 632 g/mol. The summed E-state index contributed by atoms with van der Waals surface area (Å²) in [6.45, 7) is 2.30. The van der Waals surface area contributed by atoms with Crippen LogP contribution in [0.5, 0.6) is 0 Å². The van der Waals surface area contributed by atoms with Gasteiger partial charge in [-0.3, -0.25) is 9.59 Å². The number of carboxylic acid groups (broad SMARTS) is 2. The van der Waals surface area contributed by atoms with Crippen LogP contribution in [0.15, 0.2) is 37.2 Å². The molecular weight excluding hydrogens is 594 g/mol. The number of nitrogens with zero attached hydrogens (tertiary/aromatic N) is 6. The van der Waals surface area contributed by atoms with Crippen molar-refractivity contribution in [3.8, 4) is 0 Å². The largest absolute Gasteiger partial charge is 0.481 e. The van der Waals surface area contributed by atoms with Crippen LogP contribution in [-0.2, 0) is 14.4 Å². The number of aromatic amines is 2. The smallest absolute Gasteiger partial charge is 0.328 e. The number of fused-ring (bicyclic) bond motifs is 2. The minimum atomic E-state index is -1.25. The van der Waals surface area contributed by atoms with Gasteiger partial charge in [-0.15, -0.1) is 0 Å². The van der Waals surface area contributed by atoms with E-state index in [2.05, 4.69) is 45.0 Å². The molecule has 15 nitrogen and oxygen atoms in total. The summed E-state index contributed by atoms with van der Waals surface area (Å²) in [7, 11) is 0. The lowest BCUT2D eigenvalue weighted by Gasteiger charge is -2.39. The molecule has 4 aliphatic rings. The number of aliphatic hydroxyl groups is 1. The molecule has 0 bridgehead atoms. The van der Waals surface area contributed by atoms with Crippen molar-refractivity contribution in [2.24, 2.45) is 22.7 Å². The molecule has 4 aromatic heterocycles. The van der Waals surface area contributed by atoms with Gasteiger partial charge in [-0.25, -0.2) is 24.7 Å². The van der Waals surface area contributed by atoms with E-state index < -0.39 is 24.6 Å². The van der Waals surface area contributed by atoms with Crippen molar-refractivity contribution in [2.75, 3.05) is 42.6 Å². The van der Waals surface area contributed by atoms with E-state index in [4.69, 9.17) is 10.2 Å². The van der Waals surface area contributed by atoms with Crippen molar-refractivity contribution in [3.63, 3.8) is 0 Å². The summed E-state index contributed by atoms with van der Waals surface area (Å²) >= 11 is 0. The Morgan fingerprint density at radius 3 is 1.78 bits per heavy atom. The van der Waals surface area contributed by atoms with E-state index in [1.54, 1.807) is 6.33 Å². The quantitative estimate of drug-likeness (QED) is 0.172. The molecule has 2 aliphatic heterocycles. The summed E-state index contributed by atoms with van der Waals surface area (Å²) < 4.78 is 0. The number of aliphatic hydroxyl groups excluding tert-OH is 1. The van der Waals surface area contributed by atoms with Crippen LogP contribution in [0.4, 0.5) is 11.6 Å². The van der Waals surface area contributed by atoms with Crippen LogP contribution >= 0.6 is 0 Å². The molecule has 1 unspecified atom stereocenters. The second-order valence-corrected chi connectivity index (χ2v) is 13.0. The number of hydrogen-bond donors (Lipinski definition) is 6. The summed E-state index contributed by atoms with van der Waals surface area (Å²) in [4.78, 5) is 62.9. The second kappa shape index (κ2) is 11.5. The number of H-pyrrole nitrogens is 2. The Balaban J connectivity index is 0.000000152. The molecule has 3 atom stereocenters. The zero-order valence-corrected chi connectivity index (χ0v) is 25.2. The number of carboxylic acids is 2. The highest BCUT2D eigenvalue weighted by Crippen LogP contribution is 2.57. The third-order valence-electron chi connectivity index (χ3n) is 10.3. The lowest BCUT2D eigenvalue weighted by atomic mass is 9.81. The van der Waals surface area contributed by atoms with Gasteiger partial charge in [0.15, 0.2) is 0 Å². The van der Waals surface area contributed by atoms with Crippen LogP contribution in [0, 0.1) is 22.7 Å². The Kier molecular flexibility index (Phi) is 7.50. The van der Waals surface area contributed by atoms with Crippen molar-refractivity contribution < 1.29 is 29.7 Å². The van der Waals surface area contributed by atoms with E-state index in [1.807, 2.05) is 24.5 Å². The fourth-order valence-electron chi connectivity index (χ4n) is 7.49. The number of rotatable bonds is 7. The van der Waals surface area contributed by atoms with Gasteiger partial charge >= 0.3 is 11.9 Å². The Hall–Kier alpha value is -4.79. The maximum Gasteiger partial charge on any atom is 0.328 e. The molecule has 46 heavy (non-hydrogen) atoms. The first-order valence-electron chi connectivity index (χ1n) is 15.7. The fourth-order valence-corrected chi connectivity index (χ4v) is 7.49. The number of aliphatic carboxylic acids is 2. The average Bonchev–Trinajstić information content (AvgIpc) is 3.85. The maximum absolute atomic E-state index is 12.6. The molecule has 2 saturated carbocycles. The topological polar surface area (TPSA) is 214 Å². The second-order valence-electron chi connectivity index (χ2n) is 13.0. The minimum Gasteiger partial charge on any atom is -0.481 e. The molecule has 242 valence electrons. The summed E-state index contributed by atoms with van der Waals surface area (Å²) in [5.41, 5.74) is 1.44. The van der Waals surface area contributed by atoms with Gasteiger partial charge in [0.2, 0.25) is 5.91 Å². The number of carbonyl (C=O) groups is 3. The molecule has 6 N–H and O–H groups in total. The van der Waals surface area contributed by atoms with E-state index in [1.165, 1.54) is 6.33 Å². The molecule has 1 amide bonds. The predicted octanol–water partition coefficient (Wildman–Crippen LogP) is 1.78. The highest BCUT2D eigenvalue weighted by atomic mass is 16.4. The number of aromatic nitrogens is 6. The van der Waals surface area contributed by atoms with Crippen LogP contribution in [0.1, 0.15) is 38.5 Å². The number of piperidine rings is 2. The number of nitrogens with one attached hydrogen (secondary N) is 3. The molecule has 4 fully saturated rings. The Morgan fingerprint density at radius 1 is 0.826 bits per heavy atom. The van der Waals surface area contributed by atoms with Gasteiger partial charge in [0.05, 0.1) is 23.3 Å². The van der Waals surface area contributed by atoms with E-state index >= 15 is 0 Å². The number of anilines is 2. The highest BCUT2D eigenvalue weighted by Gasteiger charge is 2.56. The lowest BCUT2D eigenvalue weighted by molar-refractivity contribution is -0.145. The van der Waals surface area contributed by atoms with Gasteiger partial charge in [-0.2, -0.15) is 0 Å². The van der Waals surface area contributed by atoms with Gasteiger partial charge in [-0.1, -0.05) is 0 Å². The first-order chi connectivity index (χ1) is 22.2. The van der Waals surface area contributed by atoms with Gasteiger partial charge in [0, 0.05) is 49.9 Å². The fraction of sp³-hybridized carbons (Fsp3) is 0.516. The SMILES string of the molecule is O=C(O)C(CO)NC(=O)[C@@H]1CCN(c2ncnc3[nH]ccc23)CC12CC2.O=C(O)[C@@H]1CCN(c2ncnc3[nH]ccc23)CC12CC2. The van der Waals surface area contributed by atoms with Gasteiger partial charge in [-0.05, 0) is 56.1 Å². The third-order valence-corrected chi connectivity index (χ3v) is 10.3. The first-order valence-corrected chi connectivity index (χ1v) is 15.7. The number of amides is 1. The standard InChI is InChI=1S/C17H21N5O4.C14H16N4O2/c23-7-12(16(25)26)21-15(24)11-2-6-22(8-17(11)3-4-17)14-10-1-5-18-13(10)19-9-20-14;19-13(20)10-2-6-18(7-14(10)3-4-14)12-9-1-5-15-11(9)16-8-17-12/h1,5,9,11-12,23H,2-4,6-8H2,(H,21,24)(H,25,26)(H,18,19,20);1,5,8,10H,2-4,6-7H2,(H,19,20)(H,15,16,17)/t11-,12?;10-/m00/s1. The highest BCUT2D eigenvalue weighted by molar-refractivity contribution is 5.89. The number of hydrogen-bond acceptors (Lipinski definition) is 10. The molecule has 2 saturated heterocycles. The molecule has 4 aromatic rings.